The highest BCUT2D eigenvalue weighted by molar-refractivity contribution is 5.79. The van der Waals surface area contributed by atoms with Crippen LogP contribution >= 0.6 is 0 Å². The molecule has 2 aliphatic rings. The standard InChI is InChI=1S/C20H33N5O2/c1-5-21-20(22-13-17-15-23(2)8-9-24(17)3)25(4)14-16-6-7-18-19(12-16)27-11-10-26-18/h6-7,12,17H,5,8-11,13-15H2,1-4H3,(H,21,22). The van der Waals surface area contributed by atoms with E-state index in [1.54, 1.807) is 0 Å². The van der Waals surface area contributed by atoms with E-state index >= 15 is 0 Å². The predicted octanol–water partition coefficient (Wildman–Crippen LogP) is 1.10. The van der Waals surface area contributed by atoms with Gasteiger partial charge in [-0.1, -0.05) is 6.07 Å². The number of rotatable bonds is 5. The second-order valence-corrected chi connectivity index (χ2v) is 7.43. The van der Waals surface area contributed by atoms with Gasteiger partial charge >= 0.3 is 0 Å². The van der Waals surface area contributed by atoms with E-state index in [1.165, 1.54) is 5.56 Å². The number of nitrogens with one attached hydrogen (secondary N) is 1. The topological polar surface area (TPSA) is 52.6 Å². The molecule has 1 atom stereocenters. The molecule has 2 heterocycles. The first kappa shape index (κ1) is 19.8. The molecule has 0 aromatic heterocycles. The average molecular weight is 376 g/mol. The van der Waals surface area contributed by atoms with Gasteiger partial charge in [0.1, 0.15) is 13.2 Å². The van der Waals surface area contributed by atoms with E-state index in [0.717, 1.165) is 56.7 Å². The molecule has 1 saturated heterocycles. The fourth-order valence-corrected chi connectivity index (χ4v) is 3.49. The van der Waals surface area contributed by atoms with Crippen LogP contribution in [0.15, 0.2) is 23.2 Å². The zero-order chi connectivity index (χ0) is 19.2. The molecule has 0 radical (unpaired) electrons. The van der Waals surface area contributed by atoms with E-state index in [2.05, 4.69) is 60.2 Å². The molecule has 3 rings (SSSR count). The highest BCUT2D eigenvalue weighted by Gasteiger charge is 2.22. The van der Waals surface area contributed by atoms with E-state index < -0.39 is 0 Å². The van der Waals surface area contributed by atoms with Crippen molar-refractivity contribution in [2.24, 2.45) is 4.99 Å². The number of piperazine rings is 1. The Morgan fingerprint density at radius 3 is 2.78 bits per heavy atom. The maximum absolute atomic E-state index is 5.70. The minimum Gasteiger partial charge on any atom is -0.486 e. The summed E-state index contributed by atoms with van der Waals surface area (Å²) in [7, 11) is 6.46. The van der Waals surface area contributed by atoms with Gasteiger partial charge < -0.3 is 24.6 Å². The second-order valence-electron chi connectivity index (χ2n) is 7.43. The predicted molar refractivity (Wildman–Crippen MR) is 109 cm³/mol. The Balaban J connectivity index is 1.64. The molecule has 7 nitrogen and oxygen atoms in total. The largest absolute Gasteiger partial charge is 0.486 e. The van der Waals surface area contributed by atoms with Gasteiger partial charge in [0.2, 0.25) is 0 Å². The maximum Gasteiger partial charge on any atom is 0.194 e. The molecule has 1 aromatic rings. The zero-order valence-corrected chi connectivity index (χ0v) is 17.1. The van der Waals surface area contributed by atoms with E-state index in [9.17, 15) is 0 Å². The number of ether oxygens (including phenoxy) is 2. The van der Waals surface area contributed by atoms with Crippen molar-refractivity contribution in [2.45, 2.75) is 19.5 Å². The fraction of sp³-hybridized carbons (Fsp3) is 0.650. The molecule has 1 unspecified atom stereocenters. The minimum absolute atomic E-state index is 0.458. The smallest absolute Gasteiger partial charge is 0.194 e. The first-order valence-corrected chi connectivity index (χ1v) is 9.83. The molecule has 1 fully saturated rings. The van der Waals surface area contributed by atoms with Crippen LogP contribution in [0.4, 0.5) is 0 Å². The number of benzene rings is 1. The fourth-order valence-electron chi connectivity index (χ4n) is 3.49. The highest BCUT2D eigenvalue weighted by Crippen LogP contribution is 2.31. The van der Waals surface area contributed by atoms with E-state index in [0.29, 0.717) is 19.3 Å². The Hall–Kier alpha value is -1.99. The third-order valence-corrected chi connectivity index (χ3v) is 5.15. The molecule has 27 heavy (non-hydrogen) atoms. The Morgan fingerprint density at radius 1 is 1.22 bits per heavy atom. The van der Waals surface area contributed by atoms with Crippen molar-refractivity contribution in [1.29, 1.82) is 0 Å². The van der Waals surface area contributed by atoms with Crippen molar-refractivity contribution in [3.63, 3.8) is 0 Å². The molecular weight excluding hydrogens is 342 g/mol. The first-order valence-electron chi connectivity index (χ1n) is 9.83. The van der Waals surface area contributed by atoms with Crippen LogP contribution in [0.1, 0.15) is 12.5 Å². The molecule has 2 aliphatic heterocycles. The van der Waals surface area contributed by atoms with E-state index in [-0.39, 0.29) is 0 Å². The quantitative estimate of drug-likeness (QED) is 0.615. The van der Waals surface area contributed by atoms with Crippen molar-refractivity contribution in [1.82, 2.24) is 20.0 Å². The van der Waals surface area contributed by atoms with Crippen molar-refractivity contribution >= 4 is 5.96 Å². The van der Waals surface area contributed by atoms with Gasteiger partial charge in [0.25, 0.3) is 0 Å². The van der Waals surface area contributed by atoms with Gasteiger partial charge in [-0.3, -0.25) is 9.89 Å². The van der Waals surface area contributed by atoms with Crippen molar-refractivity contribution in [3.8, 4) is 11.5 Å². The number of likely N-dealkylation sites (N-methyl/N-ethyl adjacent to an activating group) is 2. The van der Waals surface area contributed by atoms with E-state index in [4.69, 9.17) is 14.5 Å². The van der Waals surface area contributed by atoms with Gasteiger partial charge in [-0.25, -0.2) is 0 Å². The number of hydrogen-bond acceptors (Lipinski definition) is 5. The van der Waals surface area contributed by atoms with Crippen LogP contribution in [0.3, 0.4) is 0 Å². The van der Waals surface area contributed by atoms with E-state index in [1.807, 2.05) is 6.07 Å². The van der Waals surface area contributed by atoms with Crippen molar-refractivity contribution in [2.75, 3.05) is 67.1 Å². The van der Waals surface area contributed by atoms with Crippen LogP contribution in [0.25, 0.3) is 0 Å². The molecular formula is C20H33N5O2. The average Bonchev–Trinajstić information content (AvgIpc) is 2.67. The molecule has 7 heteroatoms. The van der Waals surface area contributed by atoms with Gasteiger partial charge in [-0.2, -0.15) is 0 Å². The van der Waals surface area contributed by atoms with Gasteiger partial charge in [-0.15, -0.1) is 0 Å². The Labute approximate surface area is 162 Å². The van der Waals surface area contributed by atoms with Crippen LogP contribution in [0.2, 0.25) is 0 Å². The minimum atomic E-state index is 0.458. The molecule has 0 spiro atoms. The number of nitrogens with zero attached hydrogens (tertiary/aromatic N) is 4. The summed E-state index contributed by atoms with van der Waals surface area (Å²) < 4.78 is 11.3. The van der Waals surface area contributed by atoms with Crippen LogP contribution < -0.4 is 14.8 Å². The van der Waals surface area contributed by atoms with Gasteiger partial charge in [0.05, 0.1) is 6.54 Å². The zero-order valence-electron chi connectivity index (χ0n) is 17.1. The molecule has 1 aromatic carbocycles. The lowest BCUT2D eigenvalue weighted by molar-refractivity contribution is 0.119. The lowest BCUT2D eigenvalue weighted by Crippen LogP contribution is -2.51. The SMILES string of the molecule is CCNC(=NCC1CN(C)CCN1C)N(C)Cc1ccc2c(c1)OCCO2. The molecule has 1 N–H and O–H groups in total. The Kier molecular flexibility index (Phi) is 6.79. The Morgan fingerprint density at radius 2 is 2.00 bits per heavy atom. The molecule has 0 saturated carbocycles. The van der Waals surface area contributed by atoms with Gasteiger partial charge in [0, 0.05) is 45.8 Å². The highest BCUT2D eigenvalue weighted by atomic mass is 16.6. The third-order valence-electron chi connectivity index (χ3n) is 5.15. The Bertz CT molecular complexity index is 651. The summed E-state index contributed by atoms with van der Waals surface area (Å²) in [6.07, 6.45) is 0. The molecule has 150 valence electrons. The summed E-state index contributed by atoms with van der Waals surface area (Å²) >= 11 is 0. The number of hydrogen-bond donors (Lipinski definition) is 1. The maximum atomic E-state index is 5.70. The van der Waals surface area contributed by atoms with Gasteiger partial charge in [-0.05, 0) is 38.7 Å². The normalized spacial score (nSPS) is 21.2. The summed E-state index contributed by atoms with van der Waals surface area (Å²) in [5.41, 5.74) is 1.18. The lowest BCUT2D eigenvalue weighted by Gasteiger charge is -2.37. The summed E-state index contributed by atoms with van der Waals surface area (Å²) in [6.45, 7) is 9.04. The van der Waals surface area contributed by atoms with Gasteiger partial charge in [0.15, 0.2) is 17.5 Å². The second kappa shape index (κ2) is 9.28. The van der Waals surface area contributed by atoms with Crippen LogP contribution in [-0.4, -0.2) is 93.8 Å². The van der Waals surface area contributed by atoms with Crippen LogP contribution in [0.5, 0.6) is 11.5 Å². The summed E-state index contributed by atoms with van der Waals surface area (Å²) in [5.74, 6) is 2.60. The lowest BCUT2D eigenvalue weighted by atomic mass is 10.2. The monoisotopic (exact) mass is 375 g/mol. The number of aliphatic imine (C=N–C) groups is 1. The van der Waals surface area contributed by atoms with Crippen molar-refractivity contribution < 1.29 is 9.47 Å². The van der Waals surface area contributed by atoms with Crippen molar-refractivity contribution in [3.05, 3.63) is 23.8 Å². The molecule has 0 bridgehead atoms. The summed E-state index contributed by atoms with van der Waals surface area (Å²) in [6, 6.07) is 6.62. The number of guanidine groups is 1. The first-order chi connectivity index (χ1) is 13.1. The van der Waals surface area contributed by atoms with Crippen LogP contribution in [0, 0.1) is 0 Å². The van der Waals surface area contributed by atoms with Crippen LogP contribution in [-0.2, 0) is 6.54 Å². The number of fused-ring (bicyclic) bond motifs is 1. The summed E-state index contributed by atoms with van der Waals surface area (Å²) in [4.78, 5) is 11.9. The molecule has 0 amide bonds. The summed E-state index contributed by atoms with van der Waals surface area (Å²) in [5, 5.41) is 3.42. The third kappa shape index (κ3) is 5.26. The molecule has 0 aliphatic carbocycles.